The van der Waals surface area contributed by atoms with Crippen molar-refractivity contribution in [1.29, 1.82) is 0 Å². The van der Waals surface area contributed by atoms with E-state index in [-0.39, 0.29) is 17.7 Å². The van der Waals surface area contributed by atoms with Gasteiger partial charge >= 0.3 is 0 Å². The third-order valence-corrected chi connectivity index (χ3v) is 6.54. The average Bonchev–Trinajstić information content (AvgIpc) is 2.82. The van der Waals surface area contributed by atoms with Crippen LogP contribution in [0.4, 0.5) is 11.6 Å². The van der Waals surface area contributed by atoms with Crippen molar-refractivity contribution >= 4 is 28.2 Å². The maximum Gasteiger partial charge on any atom is 0.169 e. The number of likely N-dealkylation sites (N-methyl/N-ethyl adjacent to an activating group) is 1. The van der Waals surface area contributed by atoms with Gasteiger partial charge in [0.05, 0.1) is 24.5 Å². The summed E-state index contributed by atoms with van der Waals surface area (Å²) in [7, 11) is 4.17. The topological polar surface area (TPSA) is 87.1 Å². The second-order valence-corrected chi connectivity index (χ2v) is 10.9. The van der Waals surface area contributed by atoms with E-state index in [2.05, 4.69) is 71.0 Å². The van der Waals surface area contributed by atoms with Gasteiger partial charge in [0.2, 0.25) is 0 Å². The Balaban J connectivity index is 1.33. The van der Waals surface area contributed by atoms with E-state index < -0.39 is 0 Å². The number of pyridine rings is 2. The zero-order chi connectivity index (χ0) is 26.2. The molecule has 0 saturated carbocycles. The van der Waals surface area contributed by atoms with Gasteiger partial charge in [-0.15, -0.1) is 0 Å². The molecule has 1 aliphatic rings. The number of rotatable bonds is 7. The Labute approximate surface area is 217 Å². The van der Waals surface area contributed by atoms with Crippen LogP contribution in [0.2, 0.25) is 0 Å². The van der Waals surface area contributed by atoms with Gasteiger partial charge in [0.15, 0.2) is 5.78 Å². The average molecular weight is 496 g/mol. The van der Waals surface area contributed by atoms with Crippen molar-refractivity contribution in [1.82, 2.24) is 24.8 Å². The van der Waals surface area contributed by atoms with Gasteiger partial charge in [-0.25, -0.2) is 9.97 Å². The second kappa shape index (κ2) is 9.86. The van der Waals surface area contributed by atoms with Crippen LogP contribution in [0.3, 0.4) is 0 Å². The number of nitrogens with one attached hydrogen (secondary N) is 1. The minimum absolute atomic E-state index is 0.0307. The van der Waals surface area contributed by atoms with Crippen LogP contribution < -0.4 is 10.2 Å². The number of hydrogen-bond acceptors (Lipinski definition) is 8. The first-order valence-electron chi connectivity index (χ1n) is 12.5. The first-order chi connectivity index (χ1) is 17.6. The molecule has 0 radical (unpaired) electrons. The van der Waals surface area contributed by atoms with Gasteiger partial charge in [0.1, 0.15) is 11.6 Å². The predicted octanol–water partition coefficient (Wildman–Crippen LogP) is 4.47. The lowest BCUT2D eigenvalue weighted by molar-refractivity contribution is 0.0992. The summed E-state index contributed by atoms with van der Waals surface area (Å²) in [6.45, 7) is 8.11. The molecular weight excluding hydrogens is 462 g/mol. The highest BCUT2D eigenvalue weighted by Crippen LogP contribution is 2.25. The molecule has 8 nitrogen and oxygen atoms in total. The highest BCUT2D eigenvalue weighted by atomic mass is 16.1. The molecule has 3 aromatic heterocycles. The fourth-order valence-corrected chi connectivity index (χ4v) is 4.39. The van der Waals surface area contributed by atoms with Crippen LogP contribution in [0, 0.1) is 0 Å². The van der Waals surface area contributed by atoms with E-state index in [1.165, 1.54) is 0 Å². The first kappa shape index (κ1) is 24.8. The Morgan fingerprint density at radius 1 is 1.03 bits per heavy atom. The Kier molecular flexibility index (Phi) is 6.60. The molecule has 1 aliphatic heterocycles. The second-order valence-electron chi connectivity index (χ2n) is 10.9. The van der Waals surface area contributed by atoms with Gasteiger partial charge in [-0.3, -0.25) is 14.8 Å². The molecule has 190 valence electrons. The van der Waals surface area contributed by atoms with Gasteiger partial charge in [0.25, 0.3) is 0 Å². The van der Waals surface area contributed by atoms with E-state index in [1.54, 1.807) is 24.7 Å². The van der Waals surface area contributed by atoms with Crippen LogP contribution in [0.1, 0.15) is 36.8 Å². The van der Waals surface area contributed by atoms with E-state index in [1.807, 2.05) is 30.5 Å². The molecule has 1 aromatic carbocycles. The third kappa shape index (κ3) is 5.75. The van der Waals surface area contributed by atoms with E-state index in [0.717, 1.165) is 52.4 Å². The number of carbonyl (C=O) groups is 1. The van der Waals surface area contributed by atoms with Crippen LogP contribution in [0.25, 0.3) is 22.0 Å². The standard InChI is InChI=1S/C29H33N7O/c1-29(2,3)34-27-16-30-15-25(33-27)19-6-7-21-14-32-23(11-22(21)10-19)13-26(37)20-8-9-31-28(12-20)36-17-24(18-36)35(4)5/h6-12,14-16,24H,13,17-18H2,1-5H3,(H,33,34). The molecule has 4 heterocycles. The van der Waals surface area contributed by atoms with Gasteiger partial charge in [0, 0.05) is 59.3 Å². The highest BCUT2D eigenvalue weighted by molar-refractivity contribution is 5.98. The highest BCUT2D eigenvalue weighted by Gasteiger charge is 2.29. The van der Waals surface area contributed by atoms with Crippen molar-refractivity contribution in [2.45, 2.75) is 38.8 Å². The molecule has 37 heavy (non-hydrogen) atoms. The summed E-state index contributed by atoms with van der Waals surface area (Å²) in [5.74, 6) is 1.62. The van der Waals surface area contributed by atoms with E-state index >= 15 is 0 Å². The summed E-state index contributed by atoms with van der Waals surface area (Å²) in [5.41, 5.74) is 3.04. The molecular formula is C29H33N7O. The lowest BCUT2D eigenvalue weighted by Gasteiger charge is -2.43. The number of ketones is 1. The fraction of sp³-hybridized carbons (Fsp3) is 0.345. The monoisotopic (exact) mass is 495 g/mol. The van der Waals surface area contributed by atoms with Crippen molar-refractivity contribution in [3.63, 3.8) is 0 Å². The minimum atomic E-state index is -0.108. The molecule has 4 aromatic rings. The first-order valence-corrected chi connectivity index (χ1v) is 12.5. The van der Waals surface area contributed by atoms with Crippen LogP contribution >= 0.6 is 0 Å². The number of nitrogens with zero attached hydrogens (tertiary/aromatic N) is 6. The van der Waals surface area contributed by atoms with Crippen LogP contribution in [-0.4, -0.2) is 69.4 Å². The molecule has 0 atom stereocenters. The lowest BCUT2D eigenvalue weighted by atomic mass is 10.0. The third-order valence-electron chi connectivity index (χ3n) is 6.54. The molecule has 1 fully saturated rings. The molecule has 8 heteroatoms. The van der Waals surface area contributed by atoms with Crippen LogP contribution in [0.15, 0.2) is 61.2 Å². The zero-order valence-corrected chi connectivity index (χ0v) is 22.1. The van der Waals surface area contributed by atoms with Gasteiger partial charge < -0.3 is 15.1 Å². The van der Waals surface area contributed by atoms with Crippen molar-refractivity contribution in [3.05, 3.63) is 72.4 Å². The fourth-order valence-electron chi connectivity index (χ4n) is 4.39. The Morgan fingerprint density at radius 2 is 1.84 bits per heavy atom. The summed E-state index contributed by atoms with van der Waals surface area (Å²) in [6, 6.07) is 12.3. The summed E-state index contributed by atoms with van der Waals surface area (Å²) < 4.78 is 0. The molecule has 1 N–H and O–H groups in total. The largest absolute Gasteiger partial charge is 0.364 e. The number of hydrogen-bond donors (Lipinski definition) is 1. The maximum absolute atomic E-state index is 13.1. The predicted molar refractivity (Wildman–Crippen MR) is 148 cm³/mol. The molecule has 0 amide bonds. The molecule has 0 bridgehead atoms. The SMILES string of the molecule is CN(C)C1CN(c2cc(C(=O)Cc3cc4cc(-c5cncc(NC(C)(C)C)n5)ccc4cn3)ccn2)C1. The van der Waals surface area contributed by atoms with Crippen molar-refractivity contribution in [3.8, 4) is 11.3 Å². The molecule has 0 aliphatic carbocycles. The van der Waals surface area contributed by atoms with Crippen molar-refractivity contribution < 1.29 is 4.79 Å². The quantitative estimate of drug-likeness (QED) is 0.376. The molecule has 0 unspecified atom stereocenters. The van der Waals surface area contributed by atoms with Gasteiger partial charge in [-0.1, -0.05) is 12.1 Å². The number of benzene rings is 1. The Bertz CT molecular complexity index is 1440. The number of aromatic nitrogens is 4. The summed E-state index contributed by atoms with van der Waals surface area (Å²) >= 11 is 0. The van der Waals surface area contributed by atoms with E-state index in [9.17, 15) is 4.79 Å². The van der Waals surface area contributed by atoms with Gasteiger partial charge in [-0.05, 0) is 64.5 Å². The number of fused-ring (bicyclic) bond motifs is 1. The van der Waals surface area contributed by atoms with Crippen molar-refractivity contribution in [2.75, 3.05) is 37.4 Å². The Hall–Kier alpha value is -3.91. The van der Waals surface area contributed by atoms with Crippen LogP contribution in [0.5, 0.6) is 0 Å². The lowest BCUT2D eigenvalue weighted by Crippen LogP contribution is -2.57. The number of anilines is 2. The van der Waals surface area contributed by atoms with E-state index in [0.29, 0.717) is 11.6 Å². The summed E-state index contributed by atoms with van der Waals surface area (Å²) in [6.07, 6.45) is 7.27. The smallest absolute Gasteiger partial charge is 0.169 e. The summed E-state index contributed by atoms with van der Waals surface area (Å²) in [4.78, 5) is 35.7. The number of carbonyl (C=O) groups excluding carboxylic acids is 1. The molecule has 5 rings (SSSR count). The maximum atomic E-state index is 13.1. The van der Waals surface area contributed by atoms with Gasteiger partial charge in [-0.2, -0.15) is 0 Å². The Morgan fingerprint density at radius 3 is 2.59 bits per heavy atom. The summed E-state index contributed by atoms with van der Waals surface area (Å²) in [5, 5.41) is 5.39. The number of Topliss-reactive ketones (excluding diaryl/α,β-unsaturated/α-hetero) is 1. The molecule has 1 saturated heterocycles. The normalized spacial score (nSPS) is 14.2. The van der Waals surface area contributed by atoms with Crippen molar-refractivity contribution in [2.24, 2.45) is 0 Å². The zero-order valence-electron chi connectivity index (χ0n) is 22.1. The van der Waals surface area contributed by atoms with E-state index in [4.69, 9.17) is 4.98 Å². The van der Waals surface area contributed by atoms with Crippen LogP contribution in [-0.2, 0) is 6.42 Å². The molecule has 0 spiro atoms. The minimum Gasteiger partial charge on any atom is -0.364 e.